The fraction of sp³-hybridized carbons (Fsp3) is 0.286. The number of aryl methyl sites for hydroxylation is 1. The minimum Gasteiger partial charge on any atom is -0.434 e. The number of nitrogens with one attached hydrogen (secondary N) is 2. The SMILES string of the molecule is CN=C(NCCN1C(=O)c2ccccc2C1=O)NCc1cc(C)ccc1OC(F)F.I. The van der Waals surface area contributed by atoms with E-state index in [0.29, 0.717) is 22.6 Å². The van der Waals surface area contributed by atoms with Crippen LogP contribution in [0.5, 0.6) is 5.75 Å². The maximum atomic E-state index is 12.6. The van der Waals surface area contributed by atoms with Crippen molar-refractivity contribution in [2.75, 3.05) is 20.1 Å². The Hall–Kier alpha value is -2.76. The van der Waals surface area contributed by atoms with Gasteiger partial charge in [-0.1, -0.05) is 29.8 Å². The quantitative estimate of drug-likeness (QED) is 0.242. The van der Waals surface area contributed by atoms with E-state index in [1.807, 2.05) is 6.92 Å². The van der Waals surface area contributed by atoms with Gasteiger partial charge in [-0.2, -0.15) is 8.78 Å². The van der Waals surface area contributed by atoms with Gasteiger partial charge in [-0.15, -0.1) is 24.0 Å². The van der Waals surface area contributed by atoms with E-state index in [2.05, 4.69) is 20.4 Å². The molecule has 0 radical (unpaired) electrons. The summed E-state index contributed by atoms with van der Waals surface area (Å²) in [6, 6.07) is 11.6. The van der Waals surface area contributed by atoms with E-state index in [0.717, 1.165) is 5.56 Å². The Morgan fingerprint density at radius 1 is 1.10 bits per heavy atom. The molecule has 2 aromatic carbocycles. The molecule has 7 nitrogen and oxygen atoms in total. The van der Waals surface area contributed by atoms with Crippen LogP contribution >= 0.6 is 24.0 Å². The lowest BCUT2D eigenvalue weighted by Gasteiger charge is -2.17. The maximum Gasteiger partial charge on any atom is 0.387 e. The summed E-state index contributed by atoms with van der Waals surface area (Å²) in [5.74, 6) is -0.163. The monoisotopic (exact) mass is 544 g/mol. The molecule has 10 heteroatoms. The number of halogens is 3. The molecule has 0 saturated heterocycles. The molecule has 2 aromatic rings. The van der Waals surface area contributed by atoms with E-state index in [1.165, 1.54) is 11.0 Å². The van der Waals surface area contributed by atoms with Crippen LogP contribution in [-0.2, 0) is 6.54 Å². The van der Waals surface area contributed by atoms with Crippen LogP contribution in [0.4, 0.5) is 8.78 Å². The molecule has 0 aliphatic carbocycles. The molecule has 166 valence electrons. The number of carbonyl (C=O) groups excluding carboxylic acids is 2. The number of imide groups is 1. The number of fused-ring (bicyclic) bond motifs is 1. The molecule has 31 heavy (non-hydrogen) atoms. The molecule has 0 saturated carbocycles. The number of rotatable bonds is 7. The van der Waals surface area contributed by atoms with Crippen molar-refractivity contribution < 1.29 is 23.1 Å². The Bertz CT molecular complexity index is 950. The number of nitrogens with zero attached hydrogens (tertiary/aromatic N) is 2. The van der Waals surface area contributed by atoms with Crippen molar-refractivity contribution in [3.63, 3.8) is 0 Å². The lowest BCUT2D eigenvalue weighted by Crippen LogP contribution is -2.42. The number of amides is 2. The first-order valence-corrected chi connectivity index (χ1v) is 9.34. The molecular weight excluding hydrogens is 521 g/mol. The first-order valence-electron chi connectivity index (χ1n) is 9.34. The van der Waals surface area contributed by atoms with Crippen molar-refractivity contribution in [1.29, 1.82) is 0 Å². The Morgan fingerprint density at radius 3 is 2.32 bits per heavy atom. The topological polar surface area (TPSA) is 83.0 Å². The van der Waals surface area contributed by atoms with E-state index in [4.69, 9.17) is 0 Å². The third kappa shape index (κ3) is 5.90. The van der Waals surface area contributed by atoms with Gasteiger partial charge in [0.15, 0.2) is 5.96 Å². The molecule has 0 unspecified atom stereocenters. The van der Waals surface area contributed by atoms with Gasteiger partial charge in [-0.3, -0.25) is 19.5 Å². The normalized spacial score (nSPS) is 13.2. The average molecular weight is 544 g/mol. The maximum absolute atomic E-state index is 12.6. The molecule has 0 fully saturated rings. The smallest absolute Gasteiger partial charge is 0.387 e. The van der Waals surface area contributed by atoms with Gasteiger partial charge in [-0.25, -0.2) is 0 Å². The summed E-state index contributed by atoms with van der Waals surface area (Å²) < 4.78 is 29.8. The Kier molecular flexibility index (Phi) is 8.72. The Balaban J connectivity index is 0.00000341. The summed E-state index contributed by atoms with van der Waals surface area (Å²) in [4.78, 5) is 30.0. The zero-order valence-electron chi connectivity index (χ0n) is 17.0. The first kappa shape index (κ1) is 24.5. The van der Waals surface area contributed by atoms with Crippen molar-refractivity contribution in [3.8, 4) is 5.75 Å². The van der Waals surface area contributed by atoms with Crippen LogP contribution in [0.2, 0.25) is 0 Å². The molecule has 1 heterocycles. The number of guanidine groups is 1. The molecular formula is C21H23F2IN4O3. The van der Waals surface area contributed by atoms with Gasteiger partial charge in [0.2, 0.25) is 0 Å². The summed E-state index contributed by atoms with van der Waals surface area (Å²) in [5, 5.41) is 6.03. The molecule has 2 N–H and O–H groups in total. The molecule has 1 aliphatic heterocycles. The second-order valence-electron chi connectivity index (χ2n) is 6.65. The zero-order chi connectivity index (χ0) is 21.7. The molecule has 1 aliphatic rings. The number of ether oxygens (including phenoxy) is 1. The molecule has 3 rings (SSSR count). The third-order valence-electron chi connectivity index (χ3n) is 4.61. The van der Waals surface area contributed by atoms with Gasteiger partial charge in [0.05, 0.1) is 11.1 Å². The minimum absolute atomic E-state index is 0. The van der Waals surface area contributed by atoms with Crippen molar-refractivity contribution in [2.24, 2.45) is 4.99 Å². The summed E-state index contributed by atoms with van der Waals surface area (Å²) in [6.07, 6.45) is 0. The summed E-state index contributed by atoms with van der Waals surface area (Å²) >= 11 is 0. The predicted molar refractivity (Wildman–Crippen MR) is 123 cm³/mol. The van der Waals surface area contributed by atoms with Crippen molar-refractivity contribution in [1.82, 2.24) is 15.5 Å². The number of aliphatic imine (C=N–C) groups is 1. The van der Waals surface area contributed by atoms with Crippen molar-refractivity contribution in [2.45, 2.75) is 20.1 Å². The van der Waals surface area contributed by atoms with Gasteiger partial charge in [0.1, 0.15) is 5.75 Å². The average Bonchev–Trinajstić information content (AvgIpc) is 2.97. The predicted octanol–water partition coefficient (Wildman–Crippen LogP) is 3.18. The Morgan fingerprint density at radius 2 is 1.74 bits per heavy atom. The van der Waals surface area contributed by atoms with Crippen molar-refractivity contribution >= 4 is 41.8 Å². The van der Waals surface area contributed by atoms with Gasteiger partial charge in [-0.05, 0) is 25.1 Å². The molecule has 0 spiro atoms. The number of benzene rings is 2. The third-order valence-corrected chi connectivity index (χ3v) is 4.61. The highest BCUT2D eigenvalue weighted by molar-refractivity contribution is 14.0. The first-order chi connectivity index (χ1) is 14.4. The fourth-order valence-electron chi connectivity index (χ4n) is 3.19. The number of hydrogen-bond donors (Lipinski definition) is 2. The van der Waals surface area contributed by atoms with Crippen LogP contribution in [0.15, 0.2) is 47.5 Å². The molecule has 0 bridgehead atoms. The highest BCUT2D eigenvalue weighted by atomic mass is 127. The summed E-state index contributed by atoms with van der Waals surface area (Å²) in [7, 11) is 1.56. The van der Waals surface area contributed by atoms with Crippen molar-refractivity contribution in [3.05, 3.63) is 64.7 Å². The number of alkyl halides is 2. The van der Waals surface area contributed by atoms with E-state index >= 15 is 0 Å². The second-order valence-corrected chi connectivity index (χ2v) is 6.65. The minimum atomic E-state index is -2.91. The second kappa shape index (κ2) is 11.0. The summed E-state index contributed by atoms with van der Waals surface area (Å²) in [5.41, 5.74) is 2.26. The van der Waals surface area contributed by atoms with Crippen LogP contribution in [0, 0.1) is 6.92 Å². The van der Waals surface area contributed by atoms with E-state index in [-0.39, 0.29) is 61.2 Å². The van der Waals surface area contributed by atoms with Gasteiger partial charge in [0, 0.05) is 32.2 Å². The largest absolute Gasteiger partial charge is 0.434 e. The van der Waals surface area contributed by atoms with Crippen LogP contribution in [0.1, 0.15) is 31.8 Å². The molecule has 0 aromatic heterocycles. The number of carbonyl (C=O) groups is 2. The van der Waals surface area contributed by atoms with Crippen LogP contribution < -0.4 is 15.4 Å². The van der Waals surface area contributed by atoms with E-state index in [9.17, 15) is 18.4 Å². The lowest BCUT2D eigenvalue weighted by atomic mass is 10.1. The van der Waals surface area contributed by atoms with Crippen LogP contribution in [-0.4, -0.2) is 49.4 Å². The summed E-state index contributed by atoms with van der Waals surface area (Å²) in [6.45, 7) is -0.416. The van der Waals surface area contributed by atoms with Crippen LogP contribution in [0.25, 0.3) is 0 Å². The zero-order valence-corrected chi connectivity index (χ0v) is 19.4. The highest BCUT2D eigenvalue weighted by Gasteiger charge is 2.34. The van der Waals surface area contributed by atoms with Gasteiger partial charge < -0.3 is 15.4 Å². The standard InChI is InChI=1S/C21H22F2N4O3.HI/c1-13-7-8-17(30-20(22)23)14(11-13)12-26-21(24-2)25-9-10-27-18(28)15-5-3-4-6-16(15)19(27)29;/h3-8,11,20H,9-10,12H2,1-2H3,(H2,24,25,26);1H. The van der Waals surface area contributed by atoms with E-state index in [1.54, 1.807) is 43.4 Å². The van der Waals surface area contributed by atoms with Gasteiger partial charge >= 0.3 is 6.61 Å². The molecule has 0 atom stereocenters. The molecule has 2 amide bonds. The Labute approximate surface area is 195 Å². The van der Waals surface area contributed by atoms with Crippen LogP contribution in [0.3, 0.4) is 0 Å². The number of hydrogen-bond acceptors (Lipinski definition) is 4. The fourth-order valence-corrected chi connectivity index (χ4v) is 3.19. The van der Waals surface area contributed by atoms with E-state index < -0.39 is 6.61 Å². The highest BCUT2D eigenvalue weighted by Crippen LogP contribution is 2.23. The lowest BCUT2D eigenvalue weighted by molar-refractivity contribution is -0.0504. The van der Waals surface area contributed by atoms with Gasteiger partial charge in [0.25, 0.3) is 11.8 Å².